The van der Waals surface area contributed by atoms with Gasteiger partial charge in [-0.2, -0.15) is 0 Å². The van der Waals surface area contributed by atoms with Gasteiger partial charge < -0.3 is 0 Å². The van der Waals surface area contributed by atoms with Crippen molar-refractivity contribution >= 4 is 39.3 Å². The maximum Gasteiger partial charge on any atom is 0.262 e. The highest BCUT2D eigenvalue weighted by atomic mass is 32.2. The van der Waals surface area contributed by atoms with Crippen molar-refractivity contribution in [3.8, 4) is 0 Å². The summed E-state index contributed by atoms with van der Waals surface area (Å²) in [5.74, 6) is 2.66. The number of nitrogens with zero attached hydrogens (tertiary/aromatic N) is 6. The van der Waals surface area contributed by atoms with Gasteiger partial charge in [0, 0.05) is 11.9 Å². The first-order valence-corrected chi connectivity index (χ1v) is 10.4. The normalized spacial score (nSPS) is 11.7. The van der Waals surface area contributed by atoms with E-state index in [1.807, 2.05) is 66.8 Å². The van der Waals surface area contributed by atoms with E-state index in [2.05, 4.69) is 20.2 Å². The molecule has 0 spiro atoms. The van der Waals surface area contributed by atoms with Gasteiger partial charge in [-0.15, -0.1) is 10.2 Å². The van der Waals surface area contributed by atoms with Gasteiger partial charge in [-0.3, -0.25) is 13.8 Å². The van der Waals surface area contributed by atoms with Gasteiger partial charge in [-0.1, -0.05) is 42.1 Å². The monoisotopic (exact) mass is 402 g/mol. The van der Waals surface area contributed by atoms with Gasteiger partial charge in [0.2, 0.25) is 5.78 Å². The summed E-state index contributed by atoms with van der Waals surface area (Å²) in [6.45, 7) is 4.37. The van der Waals surface area contributed by atoms with Gasteiger partial charge in [0.05, 0.1) is 22.2 Å². The molecule has 29 heavy (non-hydrogen) atoms. The summed E-state index contributed by atoms with van der Waals surface area (Å²) < 4.78 is 3.64. The summed E-state index contributed by atoms with van der Waals surface area (Å²) in [6, 6.07) is 15.6. The highest BCUT2D eigenvalue weighted by Crippen LogP contribution is 2.28. The Bertz CT molecular complexity index is 1440. The van der Waals surface area contributed by atoms with E-state index in [4.69, 9.17) is 0 Å². The molecule has 0 N–H and O–H groups in total. The molecule has 2 aromatic carbocycles. The highest BCUT2D eigenvalue weighted by molar-refractivity contribution is 7.98. The zero-order chi connectivity index (χ0) is 20.0. The van der Waals surface area contributed by atoms with Crippen molar-refractivity contribution in [1.82, 2.24) is 29.1 Å². The summed E-state index contributed by atoms with van der Waals surface area (Å²) in [5, 5.41) is 11.3. The molecule has 0 amide bonds. The predicted octanol–water partition coefficient (Wildman–Crippen LogP) is 3.61. The zero-order valence-corrected chi connectivity index (χ0v) is 16.8. The molecule has 3 aromatic heterocycles. The van der Waals surface area contributed by atoms with E-state index in [-0.39, 0.29) is 5.56 Å². The molecule has 0 radical (unpaired) electrons. The van der Waals surface area contributed by atoms with E-state index in [9.17, 15) is 4.79 Å². The van der Waals surface area contributed by atoms with Crippen LogP contribution in [0.4, 0.5) is 0 Å². The third kappa shape index (κ3) is 2.87. The summed E-state index contributed by atoms with van der Waals surface area (Å²) >= 11 is 1.60. The van der Waals surface area contributed by atoms with Crippen LogP contribution in [0, 0.1) is 6.92 Å². The molecule has 0 saturated carbocycles. The second-order valence-corrected chi connectivity index (χ2v) is 7.66. The fourth-order valence-corrected chi connectivity index (χ4v) is 4.57. The Balaban J connectivity index is 1.64. The molecule has 144 valence electrons. The van der Waals surface area contributed by atoms with E-state index in [1.165, 1.54) is 0 Å². The summed E-state index contributed by atoms with van der Waals surface area (Å²) in [4.78, 5) is 21.9. The van der Waals surface area contributed by atoms with Gasteiger partial charge in [-0.05, 0) is 32.0 Å². The first-order chi connectivity index (χ1) is 14.2. The van der Waals surface area contributed by atoms with Crippen molar-refractivity contribution in [2.45, 2.75) is 31.2 Å². The van der Waals surface area contributed by atoms with Crippen molar-refractivity contribution in [3.63, 3.8) is 0 Å². The topological polar surface area (TPSA) is 78.0 Å². The van der Waals surface area contributed by atoms with E-state index < -0.39 is 0 Å². The van der Waals surface area contributed by atoms with Crippen LogP contribution in [0.25, 0.3) is 27.6 Å². The van der Waals surface area contributed by atoms with Crippen molar-refractivity contribution in [2.24, 2.45) is 0 Å². The number of fused-ring (bicyclic) bond motifs is 4. The van der Waals surface area contributed by atoms with Crippen LogP contribution >= 0.6 is 11.8 Å². The van der Waals surface area contributed by atoms with Crippen LogP contribution in [-0.2, 0) is 12.3 Å². The molecule has 0 unspecified atom stereocenters. The minimum absolute atomic E-state index is 0.0420. The van der Waals surface area contributed by atoms with Crippen LogP contribution in [0.5, 0.6) is 0 Å². The van der Waals surface area contributed by atoms with E-state index in [0.29, 0.717) is 23.5 Å². The highest BCUT2D eigenvalue weighted by Gasteiger charge is 2.16. The number of hydrogen-bond acceptors (Lipinski definition) is 6. The molecular weight excluding hydrogens is 384 g/mol. The summed E-state index contributed by atoms with van der Waals surface area (Å²) in [5.41, 5.74) is 1.71. The number of aromatic nitrogens is 6. The number of hydrogen-bond donors (Lipinski definition) is 0. The third-order valence-electron chi connectivity index (χ3n) is 4.91. The maximum atomic E-state index is 12.8. The van der Waals surface area contributed by atoms with Gasteiger partial charge in [-0.25, -0.2) is 9.97 Å². The summed E-state index contributed by atoms with van der Waals surface area (Å²) in [7, 11) is 0. The quantitative estimate of drug-likeness (QED) is 0.338. The largest absolute Gasteiger partial charge is 0.277 e. The smallest absolute Gasteiger partial charge is 0.262 e. The van der Waals surface area contributed by atoms with Crippen molar-refractivity contribution in [1.29, 1.82) is 0 Å². The second-order valence-electron chi connectivity index (χ2n) is 6.70. The van der Waals surface area contributed by atoms with Gasteiger partial charge in [0.15, 0.2) is 0 Å². The van der Waals surface area contributed by atoms with E-state index in [1.54, 1.807) is 16.3 Å². The lowest BCUT2D eigenvalue weighted by Gasteiger charge is -2.10. The molecule has 7 nitrogen and oxygen atoms in total. The molecule has 0 aliphatic rings. The average Bonchev–Trinajstić information content (AvgIpc) is 3.16. The Morgan fingerprint density at radius 2 is 1.72 bits per heavy atom. The standard InChI is InChI=1S/C21H18N6OS/c1-3-26-20(28)15-9-5-7-11-17(15)27-18(24-25-21(26)27)12-29-19-14-8-4-6-10-16(14)22-13(2)23-19/h4-11H,3,12H2,1-2H3. The molecule has 5 aromatic rings. The van der Waals surface area contributed by atoms with Crippen molar-refractivity contribution in [2.75, 3.05) is 0 Å². The minimum Gasteiger partial charge on any atom is -0.277 e. The fourth-order valence-electron chi connectivity index (χ4n) is 3.59. The molecule has 8 heteroatoms. The number of thioether (sulfide) groups is 1. The Morgan fingerprint density at radius 1 is 0.966 bits per heavy atom. The van der Waals surface area contributed by atoms with Crippen LogP contribution in [0.1, 0.15) is 18.6 Å². The van der Waals surface area contributed by atoms with Gasteiger partial charge >= 0.3 is 0 Å². The molecule has 5 rings (SSSR count). The molecule has 3 heterocycles. The first kappa shape index (κ1) is 17.8. The Hall–Kier alpha value is -3.26. The van der Waals surface area contributed by atoms with Gasteiger partial charge in [0.1, 0.15) is 16.7 Å². The number of benzene rings is 2. The maximum absolute atomic E-state index is 12.8. The lowest BCUT2D eigenvalue weighted by atomic mass is 10.2. The van der Waals surface area contributed by atoms with Crippen molar-refractivity contribution < 1.29 is 0 Å². The Morgan fingerprint density at radius 3 is 2.55 bits per heavy atom. The van der Waals surface area contributed by atoms with E-state index in [0.717, 1.165) is 33.1 Å². The SMILES string of the molecule is CCn1c(=O)c2ccccc2n2c(CSc3nc(C)nc4ccccc34)nnc12. The predicted molar refractivity (Wildman–Crippen MR) is 114 cm³/mol. The summed E-state index contributed by atoms with van der Waals surface area (Å²) in [6.07, 6.45) is 0. The Kier molecular flexibility index (Phi) is 4.28. The van der Waals surface area contributed by atoms with Crippen LogP contribution in [0.2, 0.25) is 0 Å². The van der Waals surface area contributed by atoms with E-state index >= 15 is 0 Å². The molecule has 0 fully saturated rings. The lowest BCUT2D eigenvalue weighted by Crippen LogP contribution is -2.22. The minimum atomic E-state index is -0.0420. The number of rotatable bonds is 4. The first-order valence-electron chi connectivity index (χ1n) is 9.39. The molecule has 0 aliphatic carbocycles. The Labute approximate surface area is 170 Å². The molecule has 0 aliphatic heterocycles. The number of para-hydroxylation sites is 2. The second kappa shape index (κ2) is 6.97. The van der Waals surface area contributed by atoms with Crippen LogP contribution < -0.4 is 5.56 Å². The van der Waals surface area contributed by atoms with Crippen LogP contribution in [-0.4, -0.2) is 29.1 Å². The van der Waals surface area contributed by atoms with Crippen molar-refractivity contribution in [3.05, 3.63) is 70.5 Å². The molecule has 0 atom stereocenters. The number of aryl methyl sites for hydroxylation is 2. The molecular formula is C21H18N6OS. The molecule has 0 bridgehead atoms. The molecule has 0 saturated heterocycles. The third-order valence-corrected chi connectivity index (χ3v) is 5.90. The van der Waals surface area contributed by atoms with Crippen LogP contribution in [0.15, 0.2) is 58.4 Å². The van der Waals surface area contributed by atoms with Gasteiger partial charge in [0.25, 0.3) is 5.56 Å². The van der Waals surface area contributed by atoms with Crippen LogP contribution in [0.3, 0.4) is 0 Å². The zero-order valence-electron chi connectivity index (χ0n) is 16.0. The average molecular weight is 402 g/mol. The lowest BCUT2D eigenvalue weighted by molar-refractivity contribution is 0.735. The fraction of sp³-hybridized carbons (Fsp3) is 0.190.